The number of para-hydroxylation sites is 1. The van der Waals surface area contributed by atoms with Gasteiger partial charge in [0.15, 0.2) is 5.82 Å². The van der Waals surface area contributed by atoms with Gasteiger partial charge < -0.3 is 34.5 Å². The molecule has 0 atom stereocenters. The maximum Gasteiger partial charge on any atom is 0.410 e. The number of benzene rings is 2. The lowest BCUT2D eigenvalue weighted by molar-refractivity contribution is 0.00901. The van der Waals surface area contributed by atoms with Crippen molar-refractivity contribution in [1.29, 1.82) is 0 Å². The third-order valence-electron chi connectivity index (χ3n) is 9.38. The first-order chi connectivity index (χ1) is 23.3. The first-order valence-corrected chi connectivity index (χ1v) is 20.2. The van der Waals surface area contributed by atoms with Crippen molar-refractivity contribution in [2.24, 2.45) is 0 Å². The van der Waals surface area contributed by atoms with Crippen LogP contribution in [0.5, 0.6) is 5.75 Å². The Bertz CT molecular complexity index is 1710. The van der Waals surface area contributed by atoms with E-state index in [2.05, 4.69) is 37.6 Å². The van der Waals surface area contributed by atoms with Crippen LogP contribution in [-0.4, -0.2) is 97.2 Å². The number of piperazine rings is 1. The number of hydrogen-bond donors (Lipinski definition) is 2. The van der Waals surface area contributed by atoms with Crippen LogP contribution >= 0.6 is 18.7 Å². The van der Waals surface area contributed by atoms with E-state index >= 15 is 0 Å². The Morgan fingerprint density at radius 1 is 0.959 bits per heavy atom. The average Bonchev–Trinajstić information content (AvgIpc) is 3.91. The van der Waals surface area contributed by atoms with Crippen molar-refractivity contribution in [2.75, 3.05) is 75.2 Å². The highest BCUT2D eigenvalue weighted by Gasteiger charge is 2.34. The second-order valence-electron chi connectivity index (χ2n) is 14.6. The minimum Gasteiger partial charge on any atom is -0.494 e. The largest absolute Gasteiger partial charge is 0.494 e. The Hall–Kier alpha value is -3.53. The topological polar surface area (TPSA) is 112 Å². The minimum absolute atomic E-state index is 0.215. The van der Waals surface area contributed by atoms with Crippen LogP contribution in [-0.2, 0) is 9.30 Å². The van der Waals surface area contributed by atoms with Gasteiger partial charge in [0.2, 0.25) is 5.95 Å². The third-order valence-corrected chi connectivity index (χ3v) is 11.2. The molecule has 2 aromatic carbocycles. The molecule has 2 saturated heterocycles. The summed E-state index contributed by atoms with van der Waals surface area (Å²) in [6, 6.07) is 12.4. The maximum atomic E-state index is 12.9. The SMILES string of the molecule is COc1cc(N2CCC(N3CCN(C(=O)OC(C)(C)C)CC3)CC2)c(C2CC2)cc1Nc1ncc(Cl)c(Nc2ccccc2P(C)(C)=O)n1. The van der Waals surface area contributed by atoms with Gasteiger partial charge in [-0.25, -0.2) is 9.78 Å². The number of anilines is 5. The van der Waals surface area contributed by atoms with E-state index in [0.717, 1.165) is 55.8 Å². The van der Waals surface area contributed by atoms with E-state index in [0.29, 0.717) is 47.5 Å². The fraction of sp³-hybridized carbons (Fsp3) is 0.528. The van der Waals surface area contributed by atoms with Crippen molar-refractivity contribution in [3.63, 3.8) is 0 Å². The molecular weight excluding hydrogens is 661 g/mol. The summed E-state index contributed by atoms with van der Waals surface area (Å²) in [6.07, 6.45) is 5.82. The Labute approximate surface area is 295 Å². The molecule has 3 aliphatic rings. The summed E-state index contributed by atoms with van der Waals surface area (Å²) in [5, 5.41) is 7.75. The van der Waals surface area contributed by atoms with E-state index in [1.807, 2.05) is 49.9 Å². The van der Waals surface area contributed by atoms with Crippen LogP contribution in [0.4, 0.5) is 33.6 Å². The predicted octanol–water partition coefficient (Wildman–Crippen LogP) is 7.27. The maximum absolute atomic E-state index is 12.9. The summed E-state index contributed by atoms with van der Waals surface area (Å²) in [5.74, 6) is 2.03. The molecule has 11 nitrogen and oxygen atoms in total. The van der Waals surface area contributed by atoms with Gasteiger partial charge in [-0.2, -0.15) is 4.98 Å². The number of carbonyl (C=O) groups excluding carboxylic acids is 1. The van der Waals surface area contributed by atoms with Crippen LogP contribution in [0.1, 0.15) is 57.9 Å². The summed E-state index contributed by atoms with van der Waals surface area (Å²) < 4.78 is 24.4. The summed E-state index contributed by atoms with van der Waals surface area (Å²) >= 11 is 6.52. The highest BCUT2D eigenvalue weighted by Crippen LogP contribution is 2.48. The molecule has 6 rings (SSSR count). The highest BCUT2D eigenvalue weighted by atomic mass is 35.5. The predicted molar refractivity (Wildman–Crippen MR) is 199 cm³/mol. The highest BCUT2D eigenvalue weighted by molar-refractivity contribution is 7.70. The minimum atomic E-state index is -2.54. The Kier molecular flexibility index (Phi) is 10.4. The standard InChI is InChI=1S/C36H49ClN7O4P/c1-36(2,3)48-35(45)44-19-17-42(18-20-44)25-13-15-43(16-14-25)30-22-31(47-4)29(21-26(30)24-11-12-24)40-34-38-23-27(37)33(41-34)39-28-9-7-8-10-32(28)49(5,6)46/h7-10,21-25H,11-20H2,1-6H3,(H2,38,39,40,41). The Morgan fingerprint density at radius 3 is 2.29 bits per heavy atom. The lowest BCUT2D eigenvalue weighted by Crippen LogP contribution is -2.55. The number of carbonyl (C=O) groups is 1. The smallest absolute Gasteiger partial charge is 0.410 e. The average molecular weight is 710 g/mol. The summed E-state index contributed by atoms with van der Waals surface area (Å²) in [6.45, 7) is 14.3. The van der Waals surface area contributed by atoms with Crippen LogP contribution in [0.3, 0.4) is 0 Å². The van der Waals surface area contributed by atoms with Crippen molar-refractivity contribution in [1.82, 2.24) is 19.8 Å². The van der Waals surface area contributed by atoms with Crippen molar-refractivity contribution in [3.05, 3.63) is 53.2 Å². The second kappa shape index (κ2) is 14.4. The van der Waals surface area contributed by atoms with Crippen molar-refractivity contribution in [3.8, 4) is 5.75 Å². The van der Waals surface area contributed by atoms with Crippen molar-refractivity contribution in [2.45, 2.75) is 64.0 Å². The van der Waals surface area contributed by atoms with Crippen LogP contribution in [0.25, 0.3) is 0 Å². The molecule has 1 saturated carbocycles. The van der Waals surface area contributed by atoms with Crippen LogP contribution in [0.2, 0.25) is 5.02 Å². The normalized spacial score (nSPS) is 17.9. The van der Waals surface area contributed by atoms with Gasteiger partial charge in [-0.15, -0.1) is 0 Å². The van der Waals surface area contributed by atoms with Crippen LogP contribution in [0.15, 0.2) is 42.6 Å². The van der Waals surface area contributed by atoms with E-state index in [1.165, 1.54) is 24.1 Å². The second-order valence-corrected chi connectivity index (χ2v) is 18.2. The monoisotopic (exact) mass is 709 g/mol. The van der Waals surface area contributed by atoms with Gasteiger partial charge in [0.1, 0.15) is 23.5 Å². The zero-order valence-corrected chi connectivity index (χ0v) is 31.1. The molecule has 1 aliphatic carbocycles. The molecule has 3 fully saturated rings. The molecule has 49 heavy (non-hydrogen) atoms. The summed E-state index contributed by atoms with van der Waals surface area (Å²) in [5.41, 5.74) is 3.57. The fourth-order valence-corrected chi connectivity index (χ4v) is 8.02. The molecule has 1 amide bonds. The number of piperidine rings is 1. The van der Waals surface area contributed by atoms with Crippen LogP contribution < -0.4 is 25.6 Å². The number of aromatic nitrogens is 2. The van der Waals surface area contributed by atoms with E-state index in [-0.39, 0.29) is 6.09 Å². The van der Waals surface area contributed by atoms with Gasteiger partial charge in [-0.05, 0) is 89.5 Å². The summed E-state index contributed by atoms with van der Waals surface area (Å²) in [7, 11) is -0.853. The first-order valence-electron chi connectivity index (χ1n) is 17.2. The van der Waals surface area contributed by atoms with E-state index in [4.69, 9.17) is 26.1 Å². The molecule has 0 radical (unpaired) electrons. The first kappa shape index (κ1) is 35.3. The van der Waals surface area contributed by atoms with Gasteiger partial charge in [-0.3, -0.25) is 4.90 Å². The molecule has 3 aromatic rings. The lowest BCUT2D eigenvalue weighted by atomic mass is 9.99. The van der Waals surface area contributed by atoms with E-state index in [9.17, 15) is 9.36 Å². The number of halogens is 1. The number of nitrogens with zero attached hydrogens (tertiary/aromatic N) is 5. The molecule has 3 heterocycles. The number of ether oxygens (including phenoxy) is 2. The van der Waals surface area contributed by atoms with Crippen LogP contribution in [0, 0.1) is 0 Å². The molecule has 2 aliphatic heterocycles. The van der Waals surface area contributed by atoms with E-state index < -0.39 is 12.7 Å². The van der Waals surface area contributed by atoms with Gasteiger partial charge in [0.25, 0.3) is 0 Å². The van der Waals surface area contributed by atoms with Crippen molar-refractivity contribution >= 4 is 59.0 Å². The van der Waals surface area contributed by atoms with Gasteiger partial charge in [0, 0.05) is 62.4 Å². The number of hydrogen-bond acceptors (Lipinski definition) is 10. The molecule has 0 unspecified atom stereocenters. The number of rotatable bonds is 9. The quantitative estimate of drug-likeness (QED) is 0.220. The zero-order valence-electron chi connectivity index (χ0n) is 29.5. The van der Waals surface area contributed by atoms with E-state index in [1.54, 1.807) is 26.6 Å². The number of amides is 1. The van der Waals surface area contributed by atoms with Gasteiger partial charge >= 0.3 is 6.09 Å². The molecule has 264 valence electrons. The number of methoxy groups -OCH3 is 1. The number of nitrogens with one attached hydrogen (secondary N) is 2. The molecule has 13 heteroatoms. The Morgan fingerprint density at radius 2 is 1.65 bits per heavy atom. The molecule has 2 N–H and O–H groups in total. The van der Waals surface area contributed by atoms with Gasteiger partial charge in [-0.1, -0.05) is 23.7 Å². The van der Waals surface area contributed by atoms with Crippen molar-refractivity contribution < 1.29 is 18.8 Å². The molecule has 0 spiro atoms. The molecule has 1 aromatic heterocycles. The molecular formula is C36H49ClN7O4P. The van der Waals surface area contributed by atoms with Gasteiger partial charge in [0.05, 0.1) is 24.7 Å². The fourth-order valence-electron chi connectivity index (χ4n) is 6.73. The Balaban J connectivity index is 1.14. The molecule has 0 bridgehead atoms. The third kappa shape index (κ3) is 8.62. The zero-order chi connectivity index (χ0) is 34.9. The summed E-state index contributed by atoms with van der Waals surface area (Å²) in [4.78, 5) is 28.6. The lowest BCUT2D eigenvalue weighted by Gasteiger charge is -2.43.